The minimum absolute atomic E-state index is 0.158. The maximum Gasteiger partial charge on any atom is 0.349 e. The number of piperidine rings is 1. The van der Waals surface area contributed by atoms with Gasteiger partial charge >= 0.3 is 5.97 Å². The molecule has 0 aromatic heterocycles. The van der Waals surface area contributed by atoms with Gasteiger partial charge in [-0.15, -0.1) is 5.06 Å². The van der Waals surface area contributed by atoms with Crippen molar-refractivity contribution in [3.8, 4) is 0 Å². The number of hydrogen-bond donors (Lipinski definition) is 0. The van der Waals surface area contributed by atoms with Crippen LogP contribution in [0.5, 0.6) is 0 Å². The fourth-order valence-corrected chi connectivity index (χ4v) is 4.32. The zero-order chi connectivity index (χ0) is 17.8. The van der Waals surface area contributed by atoms with Gasteiger partial charge in [0.1, 0.15) is 0 Å². The average molecular weight is 329 g/mol. The fraction of sp³-hybridized carbons (Fsp3) is 0.571. The van der Waals surface area contributed by atoms with Gasteiger partial charge in [0, 0.05) is 6.08 Å². The molecule has 132 valence electrons. The zero-order valence-corrected chi connectivity index (χ0v) is 15.7. The first-order valence-electron chi connectivity index (χ1n) is 8.96. The normalized spacial score (nSPS) is 27.3. The highest BCUT2D eigenvalue weighted by Crippen LogP contribution is 2.43. The van der Waals surface area contributed by atoms with Crippen LogP contribution in [-0.4, -0.2) is 22.1 Å². The Balaban J connectivity index is 2.21. The standard InChI is InChI=1S/C21H31NO2/c1-6-10-19(23)24-22-20(3,4)15-17(2)16-21(22,5)14-13-18-11-8-7-9-12-18/h6-12,17H,13-16H2,1-5H3/b10-6+. The summed E-state index contributed by atoms with van der Waals surface area (Å²) < 4.78 is 0. The maximum atomic E-state index is 12.1. The Kier molecular flexibility index (Phi) is 5.87. The first-order chi connectivity index (χ1) is 11.3. The molecule has 0 amide bonds. The van der Waals surface area contributed by atoms with E-state index in [0.717, 1.165) is 25.7 Å². The summed E-state index contributed by atoms with van der Waals surface area (Å²) in [7, 11) is 0. The van der Waals surface area contributed by atoms with Gasteiger partial charge in [0.05, 0.1) is 11.1 Å². The van der Waals surface area contributed by atoms with E-state index in [1.807, 2.05) is 18.1 Å². The number of hydrogen-bond acceptors (Lipinski definition) is 3. The van der Waals surface area contributed by atoms with E-state index in [1.54, 1.807) is 6.08 Å². The molecule has 0 aliphatic carbocycles. The summed E-state index contributed by atoms with van der Waals surface area (Å²) in [6.45, 7) is 10.7. The summed E-state index contributed by atoms with van der Waals surface area (Å²) in [5.41, 5.74) is 1.00. The van der Waals surface area contributed by atoms with Crippen LogP contribution in [-0.2, 0) is 16.1 Å². The van der Waals surface area contributed by atoms with Crippen molar-refractivity contribution in [1.82, 2.24) is 5.06 Å². The highest BCUT2D eigenvalue weighted by Gasteiger charge is 2.49. The Morgan fingerprint density at radius 3 is 2.54 bits per heavy atom. The molecule has 0 bridgehead atoms. The molecular formula is C21H31NO2. The van der Waals surface area contributed by atoms with Gasteiger partial charge in [-0.05, 0) is 64.9 Å². The maximum absolute atomic E-state index is 12.1. The average Bonchev–Trinajstić information content (AvgIpc) is 2.50. The molecule has 1 heterocycles. The number of benzene rings is 1. The molecule has 0 saturated carbocycles. The summed E-state index contributed by atoms with van der Waals surface area (Å²) in [6, 6.07) is 10.5. The van der Waals surface area contributed by atoms with Gasteiger partial charge in [0.2, 0.25) is 0 Å². The molecule has 3 heteroatoms. The number of allylic oxidation sites excluding steroid dienone is 1. The predicted octanol–water partition coefficient (Wildman–Crippen LogP) is 4.92. The van der Waals surface area contributed by atoms with E-state index in [9.17, 15) is 4.79 Å². The fourth-order valence-electron chi connectivity index (χ4n) is 4.32. The molecular weight excluding hydrogens is 298 g/mol. The lowest BCUT2D eigenvalue weighted by Gasteiger charge is -2.54. The molecule has 1 saturated heterocycles. The van der Waals surface area contributed by atoms with E-state index in [2.05, 4.69) is 52.0 Å². The Hall–Kier alpha value is -1.61. The second-order valence-electron chi connectivity index (χ2n) is 8.01. The Labute approximate surface area is 146 Å². The summed E-state index contributed by atoms with van der Waals surface area (Å²) in [4.78, 5) is 17.9. The molecule has 2 rings (SSSR count). The number of carbonyl (C=O) groups excluding carboxylic acids is 1. The summed E-state index contributed by atoms with van der Waals surface area (Å²) in [6.07, 6.45) is 7.23. The van der Waals surface area contributed by atoms with Crippen LogP contribution < -0.4 is 0 Å². The van der Waals surface area contributed by atoms with E-state index in [0.29, 0.717) is 5.92 Å². The highest BCUT2D eigenvalue weighted by atomic mass is 16.7. The van der Waals surface area contributed by atoms with Crippen LogP contribution in [0.4, 0.5) is 0 Å². The molecule has 24 heavy (non-hydrogen) atoms. The minimum Gasteiger partial charge on any atom is -0.363 e. The predicted molar refractivity (Wildman–Crippen MR) is 98.4 cm³/mol. The van der Waals surface area contributed by atoms with Crippen LogP contribution in [0.15, 0.2) is 42.5 Å². The van der Waals surface area contributed by atoms with Gasteiger partial charge in [-0.1, -0.05) is 43.3 Å². The molecule has 0 radical (unpaired) electrons. The second kappa shape index (κ2) is 7.52. The Bertz CT molecular complexity index is 579. The van der Waals surface area contributed by atoms with Crippen LogP contribution >= 0.6 is 0 Å². The van der Waals surface area contributed by atoms with E-state index in [1.165, 1.54) is 11.6 Å². The highest BCUT2D eigenvalue weighted by molar-refractivity contribution is 5.81. The monoisotopic (exact) mass is 329 g/mol. The minimum atomic E-state index is -0.286. The van der Waals surface area contributed by atoms with E-state index in [4.69, 9.17) is 4.84 Å². The van der Waals surface area contributed by atoms with Gasteiger partial charge < -0.3 is 4.84 Å². The molecule has 2 unspecified atom stereocenters. The van der Waals surface area contributed by atoms with Gasteiger partial charge in [-0.25, -0.2) is 4.79 Å². The van der Waals surface area contributed by atoms with Crippen molar-refractivity contribution in [2.75, 3.05) is 0 Å². The quantitative estimate of drug-likeness (QED) is 0.718. The number of carbonyl (C=O) groups is 1. The van der Waals surface area contributed by atoms with Crippen molar-refractivity contribution < 1.29 is 9.63 Å². The first kappa shape index (κ1) is 18.7. The molecule has 1 fully saturated rings. The van der Waals surface area contributed by atoms with Gasteiger partial charge in [-0.2, -0.15) is 0 Å². The van der Waals surface area contributed by atoms with Crippen LogP contribution in [0.3, 0.4) is 0 Å². The summed E-state index contributed by atoms with van der Waals surface area (Å²) in [5, 5.41) is 1.98. The van der Waals surface area contributed by atoms with E-state index < -0.39 is 0 Å². The van der Waals surface area contributed by atoms with Crippen molar-refractivity contribution in [1.29, 1.82) is 0 Å². The topological polar surface area (TPSA) is 29.5 Å². The molecule has 1 aliphatic heterocycles. The lowest BCUT2D eigenvalue weighted by Crippen LogP contribution is -2.62. The third kappa shape index (κ3) is 4.47. The van der Waals surface area contributed by atoms with Gasteiger partial charge in [0.15, 0.2) is 0 Å². The van der Waals surface area contributed by atoms with Gasteiger partial charge in [-0.3, -0.25) is 0 Å². The molecule has 1 aromatic rings. The van der Waals surface area contributed by atoms with Crippen LogP contribution in [0.1, 0.15) is 59.4 Å². The molecule has 1 aromatic carbocycles. The van der Waals surface area contributed by atoms with Crippen LogP contribution in [0.25, 0.3) is 0 Å². The van der Waals surface area contributed by atoms with E-state index in [-0.39, 0.29) is 17.0 Å². The van der Waals surface area contributed by atoms with Crippen molar-refractivity contribution in [2.45, 2.75) is 71.4 Å². The van der Waals surface area contributed by atoms with Crippen molar-refractivity contribution in [3.05, 3.63) is 48.0 Å². The lowest BCUT2D eigenvalue weighted by atomic mass is 9.73. The van der Waals surface area contributed by atoms with Crippen LogP contribution in [0, 0.1) is 5.92 Å². The smallest absolute Gasteiger partial charge is 0.349 e. The molecule has 1 aliphatic rings. The molecule has 0 spiro atoms. The number of aryl methyl sites for hydroxylation is 1. The summed E-state index contributed by atoms with van der Waals surface area (Å²) >= 11 is 0. The SMILES string of the molecule is C/C=C/C(=O)ON1C(C)(C)CC(C)CC1(C)CCc1ccccc1. The largest absolute Gasteiger partial charge is 0.363 e. The van der Waals surface area contributed by atoms with Crippen molar-refractivity contribution in [2.24, 2.45) is 5.92 Å². The second-order valence-corrected chi connectivity index (χ2v) is 8.01. The molecule has 3 nitrogen and oxygen atoms in total. The Morgan fingerprint density at radius 2 is 1.92 bits per heavy atom. The number of hydroxylamine groups is 2. The van der Waals surface area contributed by atoms with Crippen molar-refractivity contribution >= 4 is 5.97 Å². The van der Waals surface area contributed by atoms with Gasteiger partial charge in [0.25, 0.3) is 0 Å². The van der Waals surface area contributed by atoms with E-state index >= 15 is 0 Å². The Morgan fingerprint density at radius 1 is 1.25 bits per heavy atom. The number of rotatable bonds is 5. The third-order valence-electron chi connectivity index (χ3n) is 4.96. The molecule has 0 N–H and O–H groups in total. The lowest BCUT2D eigenvalue weighted by molar-refractivity contribution is -0.272. The summed E-state index contributed by atoms with van der Waals surface area (Å²) in [5.74, 6) is 0.323. The number of nitrogens with zero attached hydrogens (tertiary/aromatic N) is 1. The first-order valence-corrected chi connectivity index (χ1v) is 8.96. The zero-order valence-electron chi connectivity index (χ0n) is 15.7. The van der Waals surface area contributed by atoms with Crippen LogP contribution in [0.2, 0.25) is 0 Å². The third-order valence-corrected chi connectivity index (χ3v) is 4.96. The van der Waals surface area contributed by atoms with Crippen molar-refractivity contribution in [3.63, 3.8) is 0 Å². The molecule has 2 atom stereocenters.